The monoisotopic (exact) mass is 712 g/mol. The lowest BCUT2D eigenvalue weighted by Gasteiger charge is -2.56. The van der Waals surface area contributed by atoms with Crippen molar-refractivity contribution in [3.8, 4) is 6.01 Å². The molecular formula is C41H77N9O. The second-order valence-electron chi connectivity index (χ2n) is 22.3. The van der Waals surface area contributed by atoms with Crippen molar-refractivity contribution in [2.75, 3.05) is 16.4 Å². The predicted molar refractivity (Wildman–Crippen MR) is 213 cm³/mol. The molecule has 0 aromatic carbocycles. The first-order valence-corrected chi connectivity index (χ1v) is 20.1. The Bertz CT molecular complexity index is 1160. The summed E-state index contributed by atoms with van der Waals surface area (Å²) in [4.78, 5) is 21.4. The van der Waals surface area contributed by atoms with Crippen LogP contribution in [0.5, 0.6) is 6.01 Å². The van der Waals surface area contributed by atoms with Gasteiger partial charge in [-0.1, -0.05) is 0 Å². The van der Waals surface area contributed by atoms with E-state index in [9.17, 15) is 0 Å². The zero-order valence-corrected chi connectivity index (χ0v) is 35.8. The molecule has 4 aliphatic rings. The molecule has 51 heavy (non-hydrogen) atoms. The molecule has 0 bridgehead atoms. The lowest BCUT2D eigenvalue weighted by molar-refractivity contribution is 0.122. The molecule has 0 spiro atoms. The van der Waals surface area contributed by atoms with Crippen LogP contribution in [-0.4, -0.2) is 90.0 Å². The van der Waals surface area contributed by atoms with Crippen molar-refractivity contribution in [3.05, 3.63) is 0 Å². The fourth-order valence-corrected chi connectivity index (χ4v) is 11.9. The first-order chi connectivity index (χ1) is 23.0. The van der Waals surface area contributed by atoms with Crippen molar-refractivity contribution in [1.82, 2.24) is 36.2 Å². The number of nitrogens with one attached hydrogen (secondary N) is 4. The molecule has 0 atom stereocenters. The van der Waals surface area contributed by atoms with Gasteiger partial charge in [0.25, 0.3) is 0 Å². The van der Waals surface area contributed by atoms with Crippen LogP contribution in [0, 0.1) is 0 Å². The van der Waals surface area contributed by atoms with E-state index in [0.717, 1.165) is 63.3 Å². The summed E-state index contributed by atoms with van der Waals surface area (Å²) in [6, 6.07) is 1.43. The second-order valence-corrected chi connectivity index (χ2v) is 22.3. The predicted octanol–water partition coefficient (Wildman–Crippen LogP) is 7.12. The van der Waals surface area contributed by atoms with Gasteiger partial charge in [0.05, 0.1) is 6.61 Å². The average molecular weight is 712 g/mol. The topological polar surface area (TPSA) is 102 Å². The van der Waals surface area contributed by atoms with E-state index in [1.54, 1.807) is 0 Å². The molecule has 4 N–H and O–H groups in total. The Morgan fingerprint density at radius 2 is 0.647 bits per heavy atom. The van der Waals surface area contributed by atoms with E-state index in [4.69, 9.17) is 19.7 Å². The Kier molecular flexibility index (Phi) is 10.5. The standard InChI is InChI=1S/C41H77N9O/c1-18-51-33-43-31(49(27-19-34(2,3)45-35(4,5)20-27)28-21-36(6,7)46-37(8,9)22-28)42-32(44-33)50(29-23-38(10,11)47-39(12,13)24-29)30-25-40(14,15)48-41(16,17)26-30/h27-30,45-48H,18-26H2,1-17H3. The summed E-state index contributed by atoms with van der Waals surface area (Å²) in [5.41, 5.74) is -0.287. The van der Waals surface area contributed by atoms with Gasteiger partial charge in [-0.25, -0.2) is 0 Å². The first-order valence-electron chi connectivity index (χ1n) is 20.1. The SMILES string of the molecule is CCOc1nc(N(C2CC(C)(C)NC(C)(C)C2)C2CC(C)(C)NC(C)(C)C2)nc(N(C2CC(C)(C)NC(C)(C)C2)C2CC(C)(C)NC(C)(C)C2)n1. The minimum atomic E-state index is -0.0359. The van der Waals surface area contributed by atoms with Crippen molar-refractivity contribution in [1.29, 1.82) is 0 Å². The molecule has 4 fully saturated rings. The normalized spacial score (nSPS) is 28.6. The van der Waals surface area contributed by atoms with Crippen molar-refractivity contribution in [3.63, 3.8) is 0 Å². The highest BCUT2D eigenvalue weighted by Gasteiger charge is 2.49. The van der Waals surface area contributed by atoms with Crippen molar-refractivity contribution < 1.29 is 4.74 Å². The molecule has 0 amide bonds. The van der Waals surface area contributed by atoms with Gasteiger partial charge in [0, 0.05) is 68.5 Å². The Hall–Kier alpha value is -1.75. The third kappa shape index (κ3) is 10.1. The number of hydrogen-bond donors (Lipinski definition) is 4. The highest BCUT2D eigenvalue weighted by molar-refractivity contribution is 5.46. The molecule has 0 radical (unpaired) electrons. The van der Waals surface area contributed by atoms with Crippen molar-refractivity contribution in [2.24, 2.45) is 0 Å². The molecule has 292 valence electrons. The van der Waals surface area contributed by atoms with Crippen LogP contribution < -0.4 is 35.8 Å². The van der Waals surface area contributed by atoms with Gasteiger partial charge in [-0.3, -0.25) is 0 Å². The summed E-state index contributed by atoms with van der Waals surface area (Å²) >= 11 is 0. The number of piperidine rings is 4. The van der Waals surface area contributed by atoms with Crippen molar-refractivity contribution >= 4 is 11.9 Å². The zero-order chi connectivity index (χ0) is 38.2. The number of nitrogens with zero attached hydrogens (tertiary/aromatic N) is 5. The maximum absolute atomic E-state index is 6.30. The van der Waals surface area contributed by atoms with Crippen LogP contribution in [-0.2, 0) is 0 Å². The molecule has 1 aromatic rings. The van der Waals surface area contributed by atoms with Crippen LogP contribution in [0.15, 0.2) is 0 Å². The summed E-state index contributed by atoms with van der Waals surface area (Å²) in [5.74, 6) is 1.54. The third-order valence-corrected chi connectivity index (χ3v) is 11.6. The summed E-state index contributed by atoms with van der Waals surface area (Å²) in [6.45, 7) is 40.1. The zero-order valence-electron chi connectivity index (χ0n) is 35.8. The third-order valence-electron chi connectivity index (χ3n) is 11.6. The van der Waals surface area contributed by atoms with Crippen LogP contribution in [0.3, 0.4) is 0 Å². The molecule has 10 heteroatoms. The maximum Gasteiger partial charge on any atom is 0.323 e. The van der Waals surface area contributed by atoms with E-state index in [-0.39, 0.29) is 68.5 Å². The molecule has 1 aromatic heterocycles. The molecule has 4 saturated heterocycles. The summed E-state index contributed by atoms with van der Waals surface area (Å²) in [7, 11) is 0. The van der Waals surface area contributed by atoms with E-state index >= 15 is 0 Å². The summed E-state index contributed by atoms with van der Waals surface area (Å²) in [5, 5.41) is 15.8. The van der Waals surface area contributed by atoms with Gasteiger partial charge in [0.15, 0.2) is 0 Å². The highest BCUT2D eigenvalue weighted by Crippen LogP contribution is 2.43. The number of hydrogen-bond acceptors (Lipinski definition) is 10. The fraction of sp³-hybridized carbons (Fsp3) is 0.927. The van der Waals surface area contributed by atoms with Crippen LogP contribution in [0.4, 0.5) is 11.9 Å². The van der Waals surface area contributed by atoms with Gasteiger partial charge >= 0.3 is 6.01 Å². The number of ether oxygens (including phenoxy) is 1. The van der Waals surface area contributed by atoms with Gasteiger partial charge in [-0.05, 0) is 169 Å². The minimum absolute atomic E-state index is 0.0359. The van der Waals surface area contributed by atoms with E-state index in [1.165, 1.54) is 0 Å². The van der Waals surface area contributed by atoms with Crippen molar-refractivity contribution in [2.45, 2.75) is 238 Å². The van der Waals surface area contributed by atoms with Gasteiger partial charge in [0.1, 0.15) is 0 Å². The molecule has 5 heterocycles. The maximum atomic E-state index is 6.30. The average Bonchev–Trinajstić information content (AvgIpc) is 2.81. The fourth-order valence-electron chi connectivity index (χ4n) is 11.9. The first kappa shape index (κ1) is 40.4. The lowest BCUT2D eigenvalue weighted by Crippen LogP contribution is -2.67. The molecule has 0 unspecified atom stereocenters. The number of anilines is 2. The number of aromatic nitrogens is 3. The largest absolute Gasteiger partial charge is 0.464 e. The highest BCUT2D eigenvalue weighted by atomic mass is 16.5. The van der Waals surface area contributed by atoms with Crippen LogP contribution in [0.2, 0.25) is 0 Å². The van der Waals surface area contributed by atoms with Crippen LogP contribution in [0.1, 0.15) is 169 Å². The molecule has 4 aliphatic heterocycles. The molecule has 0 aliphatic carbocycles. The van der Waals surface area contributed by atoms with Crippen LogP contribution in [0.25, 0.3) is 0 Å². The lowest BCUT2D eigenvalue weighted by atomic mass is 9.75. The van der Waals surface area contributed by atoms with Gasteiger partial charge in [-0.2, -0.15) is 15.0 Å². The van der Waals surface area contributed by atoms with Gasteiger partial charge in [0.2, 0.25) is 11.9 Å². The summed E-state index contributed by atoms with van der Waals surface area (Å²) < 4.78 is 6.30. The molecule has 5 rings (SSSR count). The van der Waals surface area contributed by atoms with E-state index in [0.29, 0.717) is 12.6 Å². The second kappa shape index (κ2) is 13.2. The number of rotatable bonds is 8. The Labute approximate surface area is 312 Å². The van der Waals surface area contributed by atoms with Gasteiger partial charge < -0.3 is 35.8 Å². The Morgan fingerprint density at radius 3 is 0.843 bits per heavy atom. The molecule has 0 saturated carbocycles. The smallest absolute Gasteiger partial charge is 0.323 e. The van der Waals surface area contributed by atoms with Crippen LogP contribution >= 0.6 is 0 Å². The van der Waals surface area contributed by atoms with E-state index in [2.05, 4.69) is 142 Å². The molecule has 10 nitrogen and oxygen atoms in total. The quantitative estimate of drug-likeness (QED) is 0.223. The van der Waals surface area contributed by atoms with Gasteiger partial charge in [-0.15, -0.1) is 0 Å². The summed E-state index contributed by atoms with van der Waals surface area (Å²) in [6.07, 6.45) is 8.03. The molecular weight excluding hydrogens is 635 g/mol. The Balaban J connectivity index is 1.72. The van der Waals surface area contributed by atoms with E-state index < -0.39 is 0 Å². The Morgan fingerprint density at radius 1 is 0.431 bits per heavy atom. The van der Waals surface area contributed by atoms with E-state index in [1.807, 2.05) is 6.92 Å². The minimum Gasteiger partial charge on any atom is -0.464 e.